The molecule has 0 saturated carbocycles. The van der Waals surface area contributed by atoms with Gasteiger partial charge in [-0.05, 0) is 42.9 Å². The Morgan fingerprint density at radius 3 is 2.21 bits per heavy atom. The Morgan fingerprint density at radius 1 is 1.03 bits per heavy atom. The lowest BCUT2D eigenvalue weighted by Gasteiger charge is -2.33. The van der Waals surface area contributed by atoms with Crippen molar-refractivity contribution in [2.75, 3.05) is 18.0 Å². The molecular formula is C23H29N3O3. The van der Waals surface area contributed by atoms with Crippen molar-refractivity contribution in [3.05, 3.63) is 69.8 Å². The zero-order valence-corrected chi connectivity index (χ0v) is 17.3. The van der Waals surface area contributed by atoms with Crippen LogP contribution in [-0.4, -0.2) is 23.9 Å². The van der Waals surface area contributed by atoms with E-state index in [9.17, 15) is 14.9 Å². The van der Waals surface area contributed by atoms with Gasteiger partial charge in [-0.15, -0.1) is 0 Å². The summed E-state index contributed by atoms with van der Waals surface area (Å²) in [6, 6.07) is 15.2. The number of piperidine rings is 1. The van der Waals surface area contributed by atoms with Crippen molar-refractivity contribution < 1.29 is 9.72 Å². The van der Waals surface area contributed by atoms with E-state index in [1.807, 2.05) is 17.9 Å². The molecule has 0 radical (unpaired) electrons. The van der Waals surface area contributed by atoms with Gasteiger partial charge >= 0.3 is 0 Å². The maximum absolute atomic E-state index is 12.7. The van der Waals surface area contributed by atoms with Gasteiger partial charge in [-0.2, -0.15) is 0 Å². The van der Waals surface area contributed by atoms with Gasteiger partial charge in [0.1, 0.15) is 5.69 Å². The molecule has 1 fully saturated rings. The molecule has 1 amide bonds. The topological polar surface area (TPSA) is 75.5 Å². The van der Waals surface area contributed by atoms with Crippen molar-refractivity contribution in [1.82, 2.24) is 5.32 Å². The maximum Gasteiger partial charge on any atom is 0.292 e. The fourth-order valence-electron chi connectivity index (χ4n) is 3.85. The zero-order chi connectivity index (χ0) is 21.0. The fourth-order valence-corrected chi connectivity index (χ4v) is 3.85. The van der Waals surface area contributed by atoms with Crippen LogP contribution in [0.15, 0.2) is 48.5 Å². The summed E-state index contributed by atoms with van der Waals surface area (Å²) in [5, 5.41) is 14.4. The van der Waals surface area contributed by atoms with Crippen LogP contribution in [0.2, 0.25) is 0 Å². The molecule has 0 bridgehead atoms. The highest BCUT2D eigenvalue weighted by Gasteiger charge is 2.28. The second-order valence-corrected chi connectivity index (χ2v) is 8.06. The smallest absolute Gasteiger partial charge is 0.292 e. The molecule has 1 N–H and O–H groups in total. The van der Waals surface area contributed by atoms with E-state index in [2.05, 4.69) is 43.4 Å². The SMILES string of the molecule is CC(C)c1ccc(C(C)NC(=O)C2CCN(c3ccccc3[N+](=O)[O-])CC2)cc1. The number of hydrogen-bond acceptors (Lipinski definition) is 4. The summed E-state index contributed by atoms with van der Waals surface area (Å²) < 4.78 is 0. The van der Waals surface area contributed by atoms with Crippen molar-refractivity contribution in [3.63, 3.8) is 0 Å². The number of carbonyl (C=O) groups excluding carboxylic acids is 1. The summed E-state index contributed by atoms with van der Waals surface area (Å²) >= 11 is 0. The summed E-state index contributed by atoms with van der Waals surface area (Å²) in [5.74, 6) is 0.485. The average Bonchev–Trinajstić information content (AvgIpc) is 2.73. The Morgan fingerprint density at radius 2 is 1.62 bits per heavy atom. The molecule has 1 aliphatic rings. The molecule has 29 heavy (non-hydrogen) atoms. The molecule has 1 atom stereocenters. The predicted molar refractivity (Wildman–Crippen MR) is 115 cm³/mol. The van der Waals surface area contributed by atoms with Crippen LogP contribution >= 0.6 is 0 Å². The fraction of sp³-hybridized carbons (Fsp3) is 0.435. The van der Waals surface area contributed by atoms with E-state index in [4.69, 9.17) is 0 Å². The minimum Gasteiger partial charge on any atom is -0.366 e. The van der Waals surface area contributed by atoms with Gasteiger partial charge in [-0.1, -0.05) is 50.2 Å². The van der Waals surface area contributed by atoms with Crippen LogP contribution in [-0.2, 0) is 4.79 Å². The first kappa shape index (κ1) is 20.8. The van der Waals surface area contributed by atoms with E-state index >= 15 is 0 Å². The molecule has 2 aromatic carbocycles. The molecule has 1 aliphatic heterocycles. The van der Waals surface area contributed by atoms with Crippen molar-refractivity contribution in [2.24, 2.45) is 5.92 Å². The summed E-state index contributed by atoms with van der Waals surface area (Å²) in [7, 11) is 0. The Bertz CT molecular complexity index is 856. The van der Waals surface area contributed by atoms with Gasteiger partial charge in [0.25, 0.3) is 5.69 Å². The van der Waals surface area contributed by atoms with E-state index in [1.54, 1.807) is 12.1 Å². The number of nitro benzene ring substituents is 1. The van der Waals surface area contributed by atoms with E-state index < -0.39 is 0 Å². The van der Waals surface area contributed by atoms with E-state index in [0.29, 0.717) is 37.5 Å². The Hall–Kier alpha value is -2.89. The highest BCUT2D eigenvalue weighted by Crippen LogP contribution is 2.31. The molecule has 6 nitrogen and oxygen atoms in total. The molecular weight excluding hydrogens is 366 g/mol. The van der Waals surface area contributed by atoms with Gasteiger partial charge in [0.05, 0.1) is 11.0 Å². The summed E-state index contributed by atoms with van der Waals surface area (Å²) in [5.41, 5.74) is 3.14. The van der Waals surface area contributed by atoms with Gasteiger partial charge < -0.3 is 10.2 Å². The normalized spacial score (nSPS) is 15.9. The highest BCUT2D eigenvalue weighted by atomic mass is 16.6. The molecule has 0 aliphatic carbocycles. The lowest BCUT2D eigenvalue weighted by atomic mass is 9.94. The van der Waals surface area contributed by atoms with Crippen LogP contribution in [0.3, 0.4) is 0 Å². The van der Waals surface area contributed by atoms with Gasteiger partial charge in [-0.25, -0.2) is 0 Å². The number of nitrogens with one attached hydrogen (secondary N) is 1. The first-order valence-corrected chi connectivity index (χ1v) is 10.3. The number of hydrogen-bond donors (Lipinski definition) is 1. The third-order valence-corrected chi connectivity index (χ3v) is 5.75. The average molecular weight is 396 g/mol. The summed E-state index contributed by atoms with van der Waals surface area (Å²) in [6.45, 7) is 7.61. The third-order valence-electron chi connectivity index (χ3n) is 5.75. The van der Waals surface area contributed by atoms with Gasteiger partial charge in [0.15, 0.2) is 0 Å². The molecule has 1 heterocycles. The second kappa shape index (κ2) is 9.07. The van der Waals surface area contributed by atoms with Crippen LogP contribution in [0.5, 0.6) is 0 Å². The number of anilines is 1. The minimum atomic E-state index is -0.347. The number of para-hydroxylation sites is 2. The molecule has 6 heteroatoms. The van der Waals surface area contributed by atoms with Crippen molar-refractivity contribution in [1.29, 1.82) is 0 Å². The number of amides is 1. The molecule has 3 rings (SSSR count). The zero-order valence-electron chi connectivity index (χ0n) is 17.3. The second-order valence-electron chi connectivity index (χ2n) is 8.06. The lowest BCUT2D eigenvalue weighted by molar-refractivity contribution is -0.384. The van der Waals surface area contributed by atoms with Crippen molar-refractivity contribution in [3.8, 4) is 0 Å². The Kier molecular flexibility index (Phi) is 6.52. The monoisotopic (exact) mass is 395 g/mol. The van der Waals surface area contributed by atoms with E-state index in [-0.39, 0.29) is 28.5 Å². The maximum atomic E-state index is 12.7. The van der Waals surface area contributed by atoms with Crippen LogP contribution in [0.4, 0.5) is 11.4 Å². The van der Waals surface area contributed by atoms with Crippen LogP contribution in [0, 0.1) is 16.0 Å². The van der Waals surface area contributed by atoms with E-state index in [1.165, 1.54) is 11.6 Å². The minimum absolute atomic E-state index is 0.0445. The van der Waals surface area contributed by atoms with Crippen LogP contribution in [0.25, 0.3) is 0 Å². The number of nitro groups is 1. The van der Waals surface area contributed by atoms with Gasteiger partial charge in [-0.3, -0.25) is 14.9 Å². The number of nitrogens with zero attached hydrogens (tertiary/aromatic N) is 2. The third kappa shape index (κ3) is 4.94. The quantitative estimate of drug-likeness (QED) is 0.562. The van der Waals surface area contributed by atoms with Crippen LogP contribution in [0.1, 0.15) is 56.7 Å². The first-order valence-electron chi connectivity index (χ1n) is 10.3. The van der Waals surface area contributed by atoms with Crippen molar-refractivity contribution >= 4 is 17.3 Å². The summed E-state index contributed by atoms with van der Waals surface area (Å²) in [4.78, 5) is 25.7. The molecule has 0 spiro atoms. The standard InChI is InChI=1S/C23H29N3O3/c1-16(2)18-8-10-19(11-9-18)17(3)24-23(27)20-12-14-25(15-13-20)21-6-4-5-7-22(21)26(28)29/h4-11,16-17,20H,12-15H2,1-3H3,(H,24,27). The number of benzene rings is 2. The molecule has 2 aromatic rings. The van der Waals surface area contributed by atoms with E-state index in [0.717, 1.165) is 5.56 Å². The number of carbonyl (C=O) groups is 1. The predicted octanol–water partition coefficient (Wildman–Crippen LogP) is 4.81. The summed E-state index contributed by atoms with van der Waals surface area (Å²) in [6.07, 6.45) is 1.38. The van der Waals surface area contributed by atoms with Gasteiger partial charge in [0.2, 0.25) is 5.91 Å². The number of rotatable bonds is 6. The van der Waals surface area contributed by atoms with Crippen molar-refractivity contribution in [2.45, 2.75) is 45.6 Å². The lowest BCUT2D eigenvalue weighted by Crippen LogP contribution is -2.41. The first-order chi connectivity index (χ1) is 13.9. The Balaban J connectivity index is 1.57. The Labute approximate surface area is 172 Å². The molecule has 154 valence electrons. The van der Waals surface area contributed by atoms with Gasteiger partial charge in [0, 0.05) is 25.1 Å². The van der Waals surface area contributed by atoms with Crippen LogP contribution < -0.4 is 10.2 Å². The molecule has 0 aromatic heterocycles. The largest absolute Gasteiger partial charge is 0.366 e. The molecule has 1 unspecified atom stereocenters. The molecule has 1 saturated heterocycles. The highest BCUT2D eigenvalue weighted by molar-refractivity contribution is 5.79.